The molecule has 0 aromatic carbocycles. The Morgan fingerprint density at radius 2 is 1.02 bits per heavy atom. The second-order valence-corrected chi connectivity index (χ2v) is 20.2. The van der Waals surface area contributed by atoms with Crippen molar-refractivity contribution < 1.29 is 37.3 Å². The Hall–Kier alpha value is -2.29. The molecule has 372 valence electrons. The molecule has 0 saturated carbocycles. The SMILES string of the molecule is CC/C=C/C=C/C=C\CCCCCCCC(=O)NC(COP(=O)(O)OCC[N+](C)(C)C)C(/C=C/CCCCCCCCCCC)OC(=O)CCCCC/C=C\CCCCCCCCC. The topological polar surface area (TPSA) is 111 Å². The number of amides is 1. The van der Waals surface area contributed by atoms with E-state index in [1.54, 1.807) is 0 Å². The van der Waals surface area contributed by atoms with E-state index >= 15 is 0 Å². The average molecular weight is 920 g/mol. The van der Waals surface area contributed by atoms with Crippen molar-refractivity contribution in [3.63, 3.8) is 0 Å². The van der Waals surface area contributed by atoms with Gasteiger partial charge in [0.2, 0.25) is 5.91 Å². The van der Waals surface area contributed by atoms with Gasteiger partial charge in [-0.05, 0) is 76.7 Å². The average Bonchev–Trinajstić information content (AvgIpc) is 3.25. The molecule has 3 unspecified atom stereocenters. The van der Waals surface area contributed by atoms with Crippen molar-refractivity contribution in [3.8, 4) is 0 Å². The lowest BCUT2D eigenvalue weighted by atomic mass is 10.1. The Balaban J connectivity index is 5.47. The number of nitrogens with one attached hydrogen (secondary N) is 1. The maximum absolute atomic E-state index is 13.4. The van der Waals surface area contributed by atoms with Crippen molar-refractivity contribution in [2.45, 2.75) is 232 Å². The van der Waals surface area contributed by atoms with Crippen molar-refractivity contribution in [1.82, 2.24) is 5.32 Å². The van der Waals surface area contributed by atoms with Crippen molar-refractivity contribution in [2.24, 2.45) is 0 Å². The Kier molecular flexibility index (Phi) is 42.9. The van der Waals surface area contributed by atoms with Gasteiger partial charge >= 0.3 is 13.8 Å². The van der Waals surface area contributed by atoms with Crippen molar-refractivity contribution >= 4 is 19.7 Å². The standard InChI is InChI=1S/C54H99N2O7P/c1-7-10-13-16-19-22-25-27-29-32-35-38-41-44-47-54(58)63-52(45-42-39-36-33-30-24-21-18-15-12-9-3)51(50-62-64(59,60)61-49-48-56(4,5)6)55-53(57)46-43-40-37-34-31-28-26-23-20-17-14-11-8-2/h11,14,17,20,23,26,29,32,42,45,51-52H,7-10,12-13,15-16,18-19,21-22,24-25,27-28,30-31,33-41,43-44,46-50H2,1-6H3,(H-,55,57,59,60)/p+1/b14-11+,20-17+,26-23-,32-29-,45-42+. The summed E-state index contributed by atoms with van der Waals surface area (Å²) in [6.07, 6.45) is 53.6. The molecule has 0 rings (SSSR count). The van der Waals surface area contributed by atoms with E-state index in [2.05, 4.69) is 68.6 Å². The summed E-state index contributed by atoms with van der Waals surface area (Å²) in [5, 5.41) is 3.02. The normalized spacial score (nSPS) is 14.4. The molecule has 0 aliphatic rings. The van der Waals surface area contributed by atoms with Crippen LogP contribution in [0.25, 0.3) is 0 Å². The molecule has 0 aromatic heterocycles. The van der Waals surface area contributed by atoms with Crippen LogP contribution in [0.3, 0.4) is 0 Å². The Bertz CT molecular complexity index is 1290. The smallest absolute Gasteiger partial charge is 0.456 e. The number of likely N-dealkylation sites (N-methyl/N-ethyl adjacent to an activating group) is 1. The Morgan fingerprint density at radius 1 is 0.562 bits per heavy atom. The molecule has 0 heterocycles. The zero-order valence-corrected chi connectivity index (χ0v) is 43.2. The number of ether oxygens (including phenoxy) is 1. The highest BCUT2D eigenvalue weighted by atomic mass is 31.2. The van der Waals surface area contributed by atoms with Crippen LogP contribution in [0.4, 0.5) is 0 Å². The van der Waals surface area contributed by atoms with Gasteiger partial charge < -0.3 is 19.4 Å². The fourth-order valence-corrected chi connectivity index (χ4v) is 7.90. The lowest BCUT2D eigenvalue weighted by Gasteiger charge is -2.27. The number of nitrogens with zero attached hydrogens (tertiary/aromatic N) is 1. The highest BCUT2D eigenvalue weighted by Crippen LogP contribution is 2.43. The van der Waals surface area contributed by atoms with E-state index in [1.165, 1.54) is 89.9 Å². The van der Waals surface area contributed by atoms with Gasteiger partial charge in [0.15, 0.2) is 0 Å². The molecule has 0 aliphatic heterocycles. The van der Waals surface area contributed by atoms with Crippen LogP contribution in [0.5, 0.6) is 0 Å². The first kappa shape index (κ1) is 61.7. The fraction of sp³-hybridized carbons (Fsp3) is 0.778. The summed E-state index contributed by atoms with van der Waals surface area (Å²) in [4.78, 5) is 37.4. The summed E-state index contributed by atoms with van der Waals surface area (Å²) in [6.45, 7) is 6.82. The molecule has 3 atom stereocenters. The van der Waals surface area contributed by atoms with Crippen LogP contribution < -0.4 is 5.32 Å². The zero-order chi connectivity index (χ0) is 47.3. The van der Waals surface area contributed by atoms with Gasteiger partial charge in [-0.15, -0.1) is 0 Å². The number of rotatable bonds is 46. The molecule has 1 amide bonds. The fourth-order valence-electron chi connectivity index (χ4n) is 7.17. The summed E-state index contributed by atoms with van der Waals surface area (Å²) in [6, 6.07) is -0.863. The minimum absolute atomic E-state index is 0.0321. The van der Waals surface area contributed by atoms with Crippen LogP contribution in [-0.2, 0) is 27.9 Å². The summed E-state index contributed by atoms with van der Waals surface area (Å²) >= 11 is 0. The maximum Gasteiger partial charge on any atom is 0.472 e. The predicted molar refractivity (Wildman–Crippen MR) is 272 cm³/mol. The molecule has 64 heavy (non-hydrogen) atoms. The van der Waals surface area contributed by atoms with Crippen molar-refractivity contribution in [3.05, 3.63) is 60.8 Å². The number of phosphoric ester groups is 1. The third kappa shape index (κ3) is 44.9. The van der Waals surface area contributed by atoms with E-state index in [1.807, 2.05) is 39.4 Å². The lowest BCUT2D eigenvalue weighted by Crippen LogP contribution is -2.47. The summed E-state index contributed by atoms with van der Waals surface area (Å²) < 4.78 is 30.4. The second kappa shape index (κ2) is 44.5. The lowest BCUT2D eigenvalue weighted by molar-refractivity contribution is -0.870. The van der Waals surface area contributed by atoms with Crippen LogP contribution in [0.2, 0.25) is 0 Å². The summed E-state index contributed by atoms with van der Waals surface area (Å²) in [5.74, 6) is -0.551. The molecule has 0 aromatic rings. The van der Waals surface area contributed by atoms with Crippen LogP contribution in [0.15, 0.2) is 60.8 Å². The number of phosphoric acid groups is 1. The third-order valence-corrected chi connectivity index (χ3v) is 12.2. The number of hydrogen-bond acceptors (Lipinski definition) is 6. The second-order valence-electron chi connectivity index (χ2n) is 18.7. The number of hydrogen-bond donors (Lipinski definition) is 2. The van der Waals surface area contributed by atoms with Crippen LogP contribution in [-0.4, -0.2) is 74.3 Å². The van der Waals surface area contributed by atoms with Crippen LogP contribution >= 0.6 is 7.82 Å². The number of quaternary nitrogens is 1. The highest BCUT2D eigenvalue weighted by molar-refractivity contribution is 7.47. The van der Waals surface area contributed by atoms with Gasteiger partial charge in [-0.25, -0.2) is 4.57 Å². The van der Waals surface area contributed by atoms with Crippen LogP contribution in [0, 0.1) is 0 Å². The molecule has 2 N–H and O–H groups in total. The highest BCUT2D eigenvalue weighted by Gasteiger charge is 2.30. The molecule has 0 spiro atoms. The zero-order valence-electron chi connectivity index (χ0n) is 42.3. The molecule has 0 fully saturated rings. The molecule has 9 nitrogen and oxygen atoms in total. The van der Waals surface area contributed by atoms with E-state index in [9.17, 15) is 19.0 Å². The number of carbonyl (C=O) groups excluding carboxylic acids is 2. The monoisotopic (exact) mass is 920 g/mol. The van der Waals surface area contributed by atoms with Crippen molar-refractivity contribution in [2.75, 3.05) is 40.9 Å². The Morgan fingerprint density at radius 3 is 1.55 bits per heavy atom. The predicted octanol–water partition coefficient (Wildman–Crippen LogP) is 15.2. The first-order valence-corrected chi connectivity index (χ1v) is 27.6. The van der Waals surface area contributed by atoms with Crippen LogP contribution in [0.1, 0.15) is 220 Å². The first-order chi connectivity index (χ1) is 30.9. The van der Waals surface area contributed by atoms with E-state index in [0.29, 0.717) is 23.9 Å². The van der Waals surface area contributed by atoms with E-state index < -0.39 is 20.0 Å². The van der Waals surface area contributed by atoms with E-state index in [0.717, 1.165) is 89.9 Å². The quantitative estimate of drug-likeness (QED) is 0.0156. The molecule has 0 radical (unpaired) electrons. The van der Waals surface area contributed by atoms with Gasteiger partial charge in [0.25, 0.3) is 0 Å². The molecule has 10 heteroatoms. The molecular formula is C54H100N2O7P+. The number of esters is 1. The minimum atomic E-state index is -4.45. The van der Waals surface area contributed by atoms with Gasteiger partial charge in [-0.2, -0.15) is 0 Å². The van der Waals surface area contributed by atoms with Gasteiger partial charge in [0, 0.05) is 12.8 Å². The van der Waals surface area contributed by atoms with E-state index in [4.69, 9.17) is 13.8 Å². The molecule has 0 aliphatic carbocycles. The Labute approximate surface area is 394 Å². The largest absolute Gasteiger partial charge is 0.472 e. The molecule has 0 bridgehead atoms. The molecular weight excluding hydrogens is 820 g/mol. The van der Waals surface area contributed by atoms with E-state index in [-0.39, 0.29) is 31.5 Å². The van der Waals surface area contributed by atoms with Gasteiger partial charge in [-0.1, -0.05) is 191 Å². The van der Waals surface area contributed by atoms with Gasteiger partial charge in [-0.3, -0.25) is 18.6 Å². The summed E-state index contributed by atoms with van der Waals surface area (Å²) in [7, 11) is 1.47. The summed E-state index contributed by atoms with van der Waals surface area (Å²) in [5.41, 5.74) is 0. The number of unbranched alkanes of at least 4 members (excludes halogenated alkanes) is 24. The third-order valence-electron chi connectivity index (χ3n) is 11.3. The van der Waals surface area contributed by atoms with Crippen molar-refractivity contribution in [1.29, 1.82) is 0 Å². The molecule has 0 saturated heterocycles. The number of carbonyl (C=O) groups is 2. The van der Waals surface area contributed by atoms with Gasteiger partial charge in [0.1, 0.15) is 19.3 Å². The number of allylic oxidation sites excluding steroid dienone is 9. The first-order valence-electron chi connectivity index (χ1n) is 26.1. The minimum Gasteiger partial charge on any atom is -0.456 e. The van der Waals surface area contributed by atoms with Gasteiger partial charge in [0.05, 0.1) is 33.8 Å². The maximum atomic E-state index is 13.4.